The second-order valence-electron chi connectivity index (χ2n) is 9.40. The van der Waals surface area contributed by atoms with E-state index in [-0.39, 0.29) is 17.0 Å². The molecule has 2 heterocycles. The lowest BCUT2D eigenvalue weighted by atomic mass is 9.57. The number of rotatable bonds is 4. The summed E-state index contributed by atoms with van der Waals surface area (Å²) in [4.78, 5) is 16.5. The Labute approximate surface area is 186 Å². The highest BCUT2D eigenvalue weighted by atomic mass is 35.5. The molecule has 7 nitrogen and oxygen atoms in total. The van der Waals surface area contributed by atoms with Gasteiger partial charge in [-0.25, -0.2) is 9.78 Å². The van der Waals surface area contributed by atoms with Crippen LogP contribution in [0.5, 0.6) is 0 Å². The zero-order valence-electron chi connectivity index (χ0n) is 17.8. The second-order valence-corrected chi connectivity index (χ2v) is 10.8. The van der Waals surface area contributed by atoms with E-state index < -0.39 is 5.60 Å². The van der Waals surface area contributed by atoms with E-state index in [1.165, 1.54) is 0 Å². The van der Waals surface area contributed by atoms with Crippen LogP contribution in [0, 0.1) is 0 Å². The fourth-order valence-electron chi connectivity index (χ4n) is 4.57. The van der Waals surface area contributed by atoms with Crippen LogP contribution in [-0.4, -0.2) is 39.5 Å². The molecule has 9 heteroatoms. The van der Waals surface area contributed by atoms with Crippen LogP contribution < -0.4 is 10.6 Å². The van der Waals surface area contributed by atoms with Gasteiger partial charge in [-0.05, 0) is 65.4 Å². The second kappa shape index (κ2) is 7.64. The van der Waals surface area contributed by atoms with Crippen LogP contribution in [0.3, 0.4) is 0 Å². The number of carbonyl (C=O) groups excluding carboxylic acids is 1. The third-order valence-corrected chi connectivity index (χ3v) is 7.67. The van der Waals surface area contributed by atoms with Gasteiger partial charge in [0, 0.05) is 29.9 Å². The standard InChI is InChI=1S/C21H28ClN5O2S/c1-19(2,3)29-18(28)25-21-8-5-20(6-9-21,7-10-21)17-27-26-16(30-17)13-12-24-15(22)11-14(13)23-4/h11-12H,5-10H2,1-4H3,(H,23,24)(H,25,28). The van der Waals surface area contributed by atoms with Crippen LogP contribution in [0.1, 0.15) is 64.3 Å². The number of aromatic nitrogens is 3. The normalized spacial score (nSPS) is 25.8. The molecule has 1 amide bonds. The summed E-state index contributed by atoms with van der Waals surface area (Å²) in [6.07, 6.45) is 7.22. The maximum Gasteiger partial charge on any atom is 0.408 e. The lowest BCUT2D eigenvalue weighted by Gasteiger charge is -2.52. The molecule has 3 aliphatic carbocycles. The quantitative estimate of drug-likeness (QED) is 0.626. The molecule has 0 aromatic carbocycles. The molecule has 5 rings (SSSR count). The van der Waals surface area contributed by atoms with Crippen LogP contribution >= 0.6 is 22.9 Å². The Bertz CT molecular complexity index is 931. The third kappa shape index (κ3) is 4.12. The van der Waals surface area contributed by atoms with Crippen molar-refractivity contribution >= 4 is 34.7 Å². The van der Waals surface area contributed by atoms with Gasteiger partial charge < -0.3 is 15.4 Å². The Morgan fingerprint density at radius 1 is 1.17 bits per heavy atom. The van der Waals surface area contributed by atoms with Gasteiger partial charge in [0.2, 0.25) is 0 Å². The van der Waals surface area contributed by atoms with E-state index in [9.17, 15) is 4.79 Å². The summed E-state index contributed by atoms with van der Waals surface area (Å²) in [6.45, 7) is 5.67. The number of fused-ring (bicyclic) bond motifs is 3. The van der Waals surface area contributed by atoms with Gasteiger partial charge in [-0.2, -0.15) is 0 Å². The number of hydrogen-bond acceptors (Lipinski definition) is 7. The molecule has 0 unspecified atom stereocenters. The summed E-state index contributed by atoms with van der Waals surface area (Å²) in [7, 11) is 1.86. The highest BCUT2D eigenvalue weighted by Crippen LogP contribution is 2.54. The van der Waals surface area contributed by atoms with Crippen LogP contribution in [-0.2, 0) is 10.2 Å². The Kier molecular flexibility index (Phi) is 5.43. The van der Waals surface area contributed by atoms with Gasteiger partial charge in [0.15, 0.2) is 5.01 Å². The molecule has 0 radical (unpaired) electrons. The van der Waals surface area contributed by atoms with E-state index in [1.54, 1.807) is 23.6 Å². The molecule has 0 saturated heterocycles. The fraction of sp³-hybridized carbons (Fsp3) is 0.619. The summed E-state index contributed by atoms with van der Waals surface area (Å²) in [5, 5.41) is 17.8. The molecule has 0 atom stereocenters. The first-order valence-electron chi connectivity index (χ1n) is 10.3. The van der Waals surface area contributed by atoms with Crippen molar-refractivity contribution in [1.29, 1.82) is 0 Å². The molecule has 3 aliphatic rings. The highest BCUT2D eigenvalue weighted by molar-refractivity contribution is 7.14. The van der Waals surface area contributed by atoms with Crippen molar-refractivity contribution in [2.75, 3.05) is 12.4 Å². The van der Waals surface area contributed by atoms with Crippen LogP contribution in [0.15, 0.2) is 12.3 Å². The van der Waals surface area contributed by atoms with Crippen molar-refractivity contribution in [1.82, 2.24) is 20.5 Å². The third-order valence-electron chi connectivity index (χ3n) is 6.26. The number of nitrogens with one attached hydrogen (secondary N) is 2. The number of carbonyl (C=O) groups is 1. The summed E-state index contributed by atoms with van der Waals surface area (Å²) in [6, 6.07) is 1.80. The molecule has 2 N–H and O–H groups in total. The van der Waals surface area contributed by atoms with Gasteiger partial charge in [-0.15, -0.1) is 10.2 Å². The zero-order valence-corrected chi connectivity index (χ0v) is 19.4. The summed E-state index contributed by atoms with van der Waals surface area (Å²) in [5.74, 6) is 0. The van der Waals surface area contributed by atoms with Crippen LogP contribution in [0.2, 0.25) is 5.15 Å². The predicted molar refractivity (Wildman–Crippen MR) is 119 cm³/mol. The lowest BCUT2D eigenvalue weighted by molar-refractivity contribution is 0.0258. The Morgan fingerprint density at radius 2 is 1.83 bits per heavy atom. The minimum atomic E-state index is -0.487. The number of hydrogen-bond donors (Lipinski definition) is 2. The zero-order chi connectivity index (χ0) is 21.6. The van der Waals surface area contributed by atoms with E-state index in [2.05, 4.69) is 25.8 Å². The average molecular weight is 450 g/mol. The van der Waals surface area contributed by atoms with Gasteiger partial charge in [0.25, 0.3) is 0 Å². The maximum absolute atomic E-state index is 12.3. The molecular weight excluding hydrogens is 422 g/mol. The number of alkyl carbamates (subject to hydrolysis) is 1. The van der Waals surface area contributed by atoms with Gasteiger partial charge in [-0.3, -0.25) is 0 Å². The molecule has 2 aromatic rings. The minimum absolute atomic E-state index is 0.0486. The molecule has 2 bridgehead atoms. The molecule has 162 valence electrons. The number of halogens is 1. The first kappa shape index (κ1) is 21.3. The van der Waals surface area contributed by atoms with Crippen molar-refractivity contribution in [3.05, 3.63) is 22.4 Å². The van der Waals surface area contributed by atoms with Crippen molar-refractivity contribution in [2.45, 2.75) is 75.9 Å². The van der Waals surface area contributed by atoms with Gasteiger partial charge in [0.05, 0.1) is 5.56 Å². The SMILES string of the molecule is CNc1cc(Cl)ncc1-c1nnc(C23CCC(NC(=O)OC(C)(C)C)(CC2)CC3)s1. The van der Waals surface area contributed by atoms with Gasteiger partial charge >= 0.3 is 6.09 Å². The average Bonchev–Trinajstić information content (AvgIpc) is 3.18. The first-order valence-corrected chi connectivity index (χ1v) is 11.5. The molecule has 2 aromatic heterocycles. The maximum atomic E-state index is 12.3. The fourth-order valence-corrected chi connectivity index (χ4v) is 5.87. The van der Waals surface area contributed by atoms with E-state index in [0.29, 0.717) is 5.15 Å². The molecule has 0 aliphatic heterocycles. The number of anilines is 1. The number of pyridine rings is 1. The monoisotopic (exact) mass is 449 g/mol. The largest absolute Gasteiger partial charge is 0.444 e. The van der Waals surface area contributed by atoms with Crippen molar-refractivity contribution in [3.8, 4) is 10.6 Å². The summed E-state index contributed by atoms with van der Waals surface area (Å²) >= 11 is 7.66. The topological polar surface area (TPSA) is 89.0 Å². The van der Waals surface area contributed by atoms with Gasteiger partial charge in [-0.1, -0.05) is 22.9 Å². The molecule has 3 saturated carbocycles. The predicted octanol–water partition coefficient (Wildman–Crippen LogP) is 5.16. The van der Waals surface area contributed by atoms with Crippen LogP contribution in [0.25, 0.3) is 10.6 Å². The minimum Gasteiger partial charge on any atom is -0.444 e. The molecule has 0 spiro atoms. The number of ether oxygens (including phenoxy) is 1. The number of amides is 1. The van der Waals surface area contributed by atoms with Crippen LogP contribution in [0.4, 0.5) is 10.5 Å². The van der Waals surface area contributed by atoms with E-state index >= 15 is 0 Å². The molecule has 3 fully saturated rings. The summed E-state index contributed by atoms with van der Waals surface area (Å²) < 4.78 is 5.49. The Hall–Kier alpha value is -1.93. The van der Waals surface area contributed by atoms with Gasteiger partial charge in [0.1, 0.15) is 15.8 Å². The van der Waals surface area contributed by atoms with E-state index in [1.807, 2.05) is 27.8 Å². The van der Waals surface area contributed by atoms with E-state index in [0.717, 1.165) is 59.8 Å². The Morgan fingerprint density at radius 3 is 2.43 bits per heavy atom. The first-order chi connectivity index (χ1) is 14.1. The molecular formula is C21H28ClN5O2S. The highest BCUT2D eigenvalue weighted by Gasteiger charge is 2.52. The van der Waals surface area contributed by atoms with E-state index in [4.69, 9.17) is 16.3 Å². The smallest absolute Gasteiger partial charge is 0.408 e. The lowest BCUT2D eigenvalue weighted by Crippen LogP contribution is -2.58. The van der Waals surface area contributed by atoms with Crippen molar-refractivity contribution in [3.63, 3.8) is 0 Å². The van der Waals surface area contributed by atoms with Crippen molar-refractivity contribution in [2.24, 2.45) is 0 Å². The number of nitrogens with zero attached hydrogens (tertiary/aromatic N) is 3. The molecule has 30 heavy (non-hydrogen) atoms. The summed E-state index contributed by atoms with van der Waals surface area (Å²) in [5.41, 5.74) is 1.21. The Balaban J connectivity index is 1.49. The van der Waals surface area contributed by atoms with Crippen molar-refractivity contribution < 1.29 is 9.53 Å².